The second kappa shape index (κ2) is 13.7. The largest absolute Gasteiger partial charge is 0.507 e. The van der Waals surface area contributed by atoms with Gasteiger partial charge in [0.2, 0.25) is 0 Å². The summed E-state index contributed by atoms with van der Waals surface area (Å²) in [6, 6.07) is 8.32. The molecule has 0 radical (unpaired) electrons. The van der Waals surface area contributed by atoms with Crippen LogP contribution >= 0.6 is 0 Å². The van der Waals surface area contributed by atoms with Crippen LogP contribution in [0.2, 0.25) is 0 Å². The number of phenols is 2. The quantitative estimate of drug-likeness (QED) is 0.280. The van der Waals surface area contributed by atoms with Gasteiger partial charge in [0.25, 0.3) is 0 Å². The van der Waals surface area contributed by atoms with Gasteiger partial charge in [0.15, 0.2) is 0 Å². The summed E-state index contributed by atoms with van der Waals surface area (Å²) < 4.78 is 0. The first-order valence-corrected chi connectivity index (χ1v) is 12.2. The Balaban J connectivity index is 2.07. The van der Waals surface area contributed by atoms with E-state index in [1.807, 2.05) is 12.1 Å². The second-order valence-electron chi connectivity index (χ2n) is 8.46. The van der Waals surface area contributed by atoms with Crippen molar-refractivity contribution in [3.8, 4) is 11.5 Å². The van der Waals surface area contributed by atoms with Gasteiger partial charge < -0.3 is 10.2 Å². The third-order valence-corrected chi connectivity index (χ3v) is 5.49. The number of hydrogen-bond donors (Lipinski definition) is 2. The first-order valence-electron chi connectivity index (χ1n) is 12.2. The molecule has 0 amide bonds. The maximum absolute atomic E-state index is 10.6. The van der Waals surface area contributed by atoms with Crippen LogP contribution in [0.1, 0.15) is 86.8 Å². The van der Waals surface area contributed by atoms with E-state index in [0.717, 1.165) is 73.6 Å². The Labute approximate surface area is 194 Å². The van der Waals surface area contributed by atoms with Crippen molar-refractivity contribution >= 4 is 12.4 Å². The molecule has 0 saturated heterocycles. The molecule has 0 unspecified atom stereocenters. The molecule has 174 valence electrons. The van der Waals surface area contributed by atoms with Crippen molar-refractivity contribution in [1.82, 2.24) is 0 Å². The van der Waals surface area contributed by atoms with Gasteiger partial charge >= 0.3 is 0 Å². The van der Waals surface area contributed by atoms with Gasteiger partial charge in [0, 0.05) is 23.6 Å². The van der Waals surface area contributed by atoms with E-state index in [1.54, 1.807) is 12.4 Å². The molecule has 0 fully saturated rings. The number of aliphatic imine (C=N–C) groups is 2. The molecule has 0 aromatic heterocycles. The molecule has 2 aromatic carbocycles. The van der Waals surface area contributed by atoms with Crippen LogP contribution in [-0.2, 0) is 25.7 Å². The maximum atomic E-state index is 10.6. The van der Waals surface area contributed by atoms with Crippen molar-refractivity contribution in [2.24, 2.45) is 9.98 Å². The maximum Gasteiger partial charge on any atom is 0.127 e. The Kier molecular flexibility index (Phi) is 11.0. The SMILES string of the molecule is CCCc1cc(C=NCCN=Cc2cc(CCC)cc(CCC)c2O)c(O)c(CCC)c1. The van der Waals surface area contributed by atoms with E-state index in [-0.39, 0.29) is 0 Å². The number of aryl methyl sites for hydroxylation is 4. The van der Waals surface area contributed by atoms with Crippen LogP contribution in [0.15, 0.2) is 34.3 Å². The molecule has 2 N–H and O–H groups in total. The zero-order chi connectivity index (χ0) is 23.3. The summed E-state index contributed by atoms with van der Waals surface area (Å²) in [5.74, 6) is 0.695. The Hall–Kier alpha value is -2.62. The topological polar surface area (TPSA) is 65.2 Å². The number of phenolic OH excluding ortho intramolecular Hbond substituents is 2. The van der Waals surface area contributed by atoms with Crippen molar-refractivity contribution in [3.63, 3.8) is 0 Å². The highest BCUT2D eigenvalue weighted by atomic mass is 16.3. The van der Waals surface area contributed by atoms with E-state index in [1.165, 1.54) is 11.1 Å². The fraction of sp³-hybridized carbons (Fsp3) is 0.500. The average Bonchev–Trinajstić information content (AvgIpc) is 2.77. The molecule has 0 bridgehead atoms. The predicted octanol–water partition coefficient (Wildman–Crippen LogP) is 6.45. The smallest absolute Gasteiger partial charge is 0.127 e. The Morgan fingerprint density at radius 2 is 0.969 bits per heavy atom. The number of rotatable bonds is 13. The van der Waals surface area contributed by atoms with E-state index >= 15 is 0 Å². The van der Waals surface area contributed by atoms with Crippen molar-refractivity contribution in [3.05, 3.63) is 57.6 Å². The number of benzene rings is 2. The zero-order valence-corrected chi connectivity index (χ0v) is 20.3. The third kappa shape index (κ3) is 7.51. The van der Waals surface area contributed by atoms with Gasteiger partial charge in [-0.05, 0) is 60.1 Å². The monoisotopic (exact) mass is 436 g/mol. The molecule has 2 rings (SSSR count). The summed E-state index contributed by atoms with van der Waals surface area (Å²) >= 11 is 0. The molecule has 0 aliphatic carbocycles. The lowest BCUT2D eigenvalue weighted by Gasteiger charge is -2.10. The molecule has 0 aliphatic rings. The number of nitrogens with zero attached hydrogens (tertiary/aromatic N) is 2. The first-order chi connectivity index (χ1) is 15.5. The van der Waals surface area contributed by atoms with Gasteiger partial charge in [-0.15, -0.1) is 0 Å². The molecule has 0 saturated carbocycles. The minimum absolute atomic E-state index is 0.347. The van der Waals surface area contributed by atoms with E-state index in [9.17, 15) is 10.2 Å². The van der Waals surface area contributed by atoms with Gasteiger partial charge in [-0.3, -0.25) is 9.98 Å². The van der Waals surface area contributed by atoms with Crippen LogP contribution in [0.25, 0.3) is 0 Å². The van der Waals surface area contributed by atoms with E-state index in [0.29, 0.717) is 24.6 Å². The number of aromatic hydroxyl groups is 2. The van der Waals surface area contributed by atoms with E-state index < -0.39 is 0 Å². The summed E-state index contributed by atoms with van der Waals surface area (Å²) in [5.41, 5.74) is 6.08. The Bertz CT molecular complexity index is 841. The summed E-state index contributed by atoms with van der Waals surface area (Å²) in [4.78, 5) is 8.98. The molecule has 32 heavy (non-hydrogen) atoms. The highest BCUT2D eigenvalue weighted by molar-refractivity contribution is 5.85. The van der Waals surface area contributed by atoms with Crippen LogP contribution in [0.4, 0.5) is 0 Å². The standard InChI is InChI=1S/C28H40N2O2/c1-5-9-21-15-23(11-7-3)27(31)25(17-21)19-29-13-14-30-20-26-18-22(10-6-2)16-24(12-8-4)28(26)32/h15-20,31-32H,5-14H2,1-4H3. The molecule has 4 nitrogen and oxygen atoms in total. The normalized spacial score (nSPS) is 11.8. The van der Waals surface area contributed by atoms with Crippen LogP contribution in [0, 0.1) is 0 Å². The molecule has 2 aromatic rings. The molecule has 0 spiro atoms. The predicted molar refractivity (Wildman–Crippen MR) is 137 cm³/mol. The molecule has 0 heterocycles. The Morgan fingerprint density at radius 3 is 1.31 bits per heavy atom. The van der Waals surface area contributed by atoms with Crippen molar-refractivity contribution in [1.29, 1.82) is 0 Å². The molecule has 0 atom stereocenters. The van der Waals surface area contributed by atoms with Gasteiger partial charge in [0.1, 0.15) is 11.5 Å². The van der Waals surface area contributed by atoms with Gasteiger partial charge in [0.05, 0.1) is 13.1 Å². The van der Waals surface area contributed by atoms with E-state index in [2.05, 4.69) is 49.8 Å². The lowest BCUT2D eigenvalue weighted by atomic mass is 9.99. The second-order valence-corrected chi connectivity index (χ2v) is 8.46. The van der Waals surface area contributed by atoms with Crippen LogP contribution in [0.3, 0.4) is 0 Å². The van der Waals surface area contributed by atoms with Crippen LogP contribution in [-0.4, -0.2) is 35.7 Å². The first kappa shape index (κ1) is 25.6. The third-order valence-electron chi connectivity index (χ3n) is 5.49. The summed E-state index contributed by atoms with van der Waals surface area (Å²) in [6.07, 6.45) is 11.4. The molecule has 4 heteroatoms. The van der Waals surface area contributed by atoms with Crippen LogP contribution < -0.4 is 0 Å². The minimum atomic E-state index is 0.347. The molecule has 0 aliphatic heterocycles. The Morgan fingerprint density at radius 1 is 0.594 bits per heavy atom. The lowest BCUT2D eigenvalue weighted by molar-refractivity contribution is 0.466. The van der Waals surface area contributed by atoms with Crippen molar-refractivity contribution in [2.45, 2.75) is 79.1 Å². The highest BCUT2D eigenvalue weighted by Gasteiger charge is 2.09. The van der Waals surface area contributed by atoms with Gasteiger partial charge in [-0.1, -0.05) is 65.5 Å². The average molecular weight is 437 g/mol. The van der Waals surface area contributed by atoms with Gasteiger partial charge in [-0.2, -0.15) is 0 Å². The van der Waals surface area contributed by atoms with Crippen LogP contribution in [0.5, 0.6) is 11.5 Å². The summed E-state index contributed by atoms with van der Waals surface area (Å²) in [7, 11) is 0. The van der Waals surface area contributed by atoms with Crippen molar-refractivity contribution < 1.29 is 10.2 Å². The van der Waals surface area contributed by atoms with Crippen molar-refractivity contribution in [2.75, 3.05) is 13.1 Å². The summed E-state index contributed by atoms with van der Waals surface area (Å²) in [6.45, 7) is 9.65. The van der Waals surface area contributed by atoms with E-state index in [4.69, 9.17) is 0 Å². The zero-order valence-electron chi connectivity index (χ0n) is 20.3. The fourth-order valence-electron chi connectivity index (χ4n) is 4.00. The molecular weight excluding hydrogens is 396 g/mol. The number of hydrogen-bond acceptors (Lipinski definition) is 4. The lowest BCUT2D eigenvalue weighted by Crippen LogP contribution is -1.97. The summed E-state index contributed by atoms with van der Waals surface area (Å²) in [5, 5.41) is 21.2. The fourth-order valence-corrected chi connectivity index (χ4v) is 4.00. The molecular formula is C28H40N2O2. The van der Waals surface area contributed by atoms with Gasteiger partial charge in [-0.25, -0.2) is 0 Å². The highest BCUT2D eigenvalue weighted by Crippen LogP contribution is 2.26. The minimum Gasteiger partial charge on any atom is -0.507 e.